The molecule has 1 rings (SSSR count). The maximum absolute atomic E-state index is 5.62. The summed E-state index contributed by atoms with van der Waals surface area (Å²) in [6.45, 7) is 8.52. The van der Waals surface area contributed by atoms with E-state index in [1.165, 1.54) is 18.4 Å². The van der Waals surface area contributed by atoms with E-state index in [4.69, 9.17) is 5.73 Å². The molecular formula is C14H25N3. The maximum atomic E-state index is 5.62. The lowest BCUT2D eigenvalue weighted by molar-refractivity contribution is 0.267. The molecule has 2 N–H and O–H groups in total. The van der Waals surface area contributed by atoms with Crippen LogP contribution < -0.4 is 5.73 Å². The normalized spacial score (nSPS) is 12.9. The molecule has 0 amide bonds. The lowest BCUT2D eigenvalue weighted by atomic mass is 10.1. The molecule has 17 heavy (non-hydrogen) atoms. The van der Waals surface area contributed by atoms with Gasteiger partial charge in [0, 0.05) is 18.9 Å². The molecule has 0 radical (unpaired) electrons. The van der Waals surface area contributed by atoms with E-state index in [0.717, 1.165) is 26.2 Å². The Kier molecular flexibility index (Phi) is 6.82. The molecule has 1 atom stereocenters. The lowest BCUT2D eigenvalue weighted by Crippen LogP contribution is -2.24. The molecule has 0 aliphatic carbocycles. The summed E-state index contributed by atoms with van der Waals surface area (Å²) < 4.78 is 0. The Morgan fingerprint density at radius 3 is 2.65 bits per heavy atom. The van der Waals surface area contributed by atoms with Crippen molar-refractivity contribution in [2.45, 2.75) is 33.2 Å². The van der Waals surface area contributed by atoms with Gasteiger partial charge in [-0.05, 0) is 56.1 Å². The van der Waals surface area contributed by atoms with Crippen LogP contribution in [0.1, 0.15) is 32.3 Å². The van der Waals surface area contributed by atoms with E-state index in [1.54, 1.807) is 0 Å². The topological polar surface area (TPSA) is 42.1 Å². The van der Waals surface area contributed by atoms with E-state index in [-0.39, 0.29) is 0 Å². The quantitative estimate of drug-likeness (QED) is 0.751. The first kappa shape index (κ1) is 14.1. The number of hydrogen-bond donors (Lipinski definition) is 1. The lowest BCUT2D eigenvalue weighted by Gasteiger charge is -2.21. The third kappa shape index (κ3) is 5.80. The Labute approximate surface area is 105 Å². The highest BCUT2D eigenvalue weighted by atomic mass is 15.1. The summed E-state index contributed by atoms with van der Waals surface area (Å²) in [6.07, 6.45) is 6.18. The van der Waals surface area contributed by atoms with Gasteiger partial charge in [-0.15, -0.1) is 0 Å². The van der Waals surface area contributed by atoms with Crippen LogP contribution in [-0.2, 0) is 6.54 Å². The first-order valence-electron chi connectivity index (χ1n) is 6.57. The zero-order chi connectivity index (χ0) is 12.5. The second-order valence-electron chi connectivity index (χ2n) is 4.71. The van der Waals surface area contributed by atoms with Crippen LogP contribution in [0.15, 0.2) is 24.5 Å². The molecule has 0 bridgehead atoms. The number of pyridine rings is 1. The average molecular weight is 235 g/mol. The summed E-state index contributed by atoms with van der Waals surface area (Å²) in [5, 5.41) is 0. The summed E-state index contributed by atoms with van der Waals surface area (Å²) in [4.78, 5) is 6.51. The van der Waals surface area contributed by atoms with Crippen LogP contribution in [0.3, 0.4) is 0 Å². The van der Waals surface area contributed by atoms with Crippen molar-refractivity contribution < 1.29 is 0 Å². The van der Waals surface area contributed by atoms with Gasteiger partial charge < -0.3 is 5.73 Å². The van der Waals surface area contributed by atoms with Crippen molar-refractivity contribution in [1.29, 1.82) is 0 Å². The Morgan fingerprint density at radius 1 is 1.35 bits per heavy atom. The van der Waals surface area contributed by atoms with Crippen LogP contribution in [0.5, 0.6) is 0 Å². The van der Waals surface area contributed by atoms with Crippen LogP contribution in [0.2, 0.25) is 0 Å². The van der Waals surface area contributed by atoms with E-state index in [1.807, 2.05) is 12.4 Å². The molecule has 96 valence electrons. The van der Waals surface area contributed by atoms with E-state index < -0.39 is 0 Å². The molecule has 0 aliphatic rings. The standard InChI is InChI=1S/C14H25N3/c1-3-17(10-4-5-13(2)11-15)12-14-6-8-16-9-7-14/h6-9,13H,3-5,10-12,15H2,1-2H3. The van der Waals surface area contributed by atoms with Gasteiger partial charge in [0.15, 0.2) is 0 Å². The Hall–Kier alpha value is -0.930. The maximum Gasteiger partial charge on any atom is 0.0271 e. The van der Waals surface area contributed by atoms with Crippen LogP contribution >= 0.6 is 0 Å². The SMILES string of the molecule is CCN(CCCC(C)CN)Cc1ccncc1. The number of rotatable bonds is 8. The molecule has 0 aliphatic heterocycles. The minimum absolute atomic E-state index is 0.648. The van der Waals surface area contributed by atoms with Crippen LogP contribution in [-0.4, -0.2) is 29.5 Å². The molecule has 0 aromatic carbocycles. The first-order chi connectivity index (χ1) is 8.26. The van der Waals surface area contributed by atoms with Gasteiger partial charge in [-0.1, -0.05) is 13.8 Å². The van der Waals surface area contributed by atoms with E-state index in [9.17, 15) is 0 Å². The first-order valence-corrected chi connectivity index (χ1v) is 6.57. The smallest absolute Gasteiger partial charge is 0.0271 e. The van der Waals surface area contributed by atoms with Crippen LogP contribution in [0, 0.1) is 5.92 Å². The second-order valence-corrected chi connectivity index (χ2v) is 4.71. The summed E-state index contributed by atoms with van der Waals surface area (Å²) in [5.41, 5.74) is 6.97. The van der Waals surface area contributed by atoms with E-state index in [0.29, 0.717) is 5.92 Å². The van der Waals surface area contributed by atoms with Crippen molar-refractivity contribution in [2.75, 3.05) is 19.6 Å². The number of nitrogens with zero attached hydrogens (tertiary/aromatic N) is 2. The minimum atomic E-state index is 0.648. The van der Waals surface area contributed by atoms with Crippen molar-refractivity contribution >= 4 is 0 Å². The summed E-state index contributed by atoms with van der Waals surface area (Å²) in [6, 6.07) is 4.18. The molecule has 1 heterocycles. The van der Waals surface area contributed by atoms with Gasteiger partial charge in [-0.2, -0.15) is 0 Å². The molecule has 1 aromatic rings. The highest BCUT2D eigenvalue weighted by Gasteiger charge is 2.05. The fourth-order valence-electron chi connectivity index (χ4n) is 1.88. The van der Waals surface area contributed by atoms with E-state index >= 15 is 0 Å². The van der Waals surface area contributed by atoms with E-state index in [2.05, 4.69) is 35.9 Å². The van der Waals surface area contributed by atoms with Crippen molar-refractivity contribution in [1.82, 2.24) is 9.88 Å². The fourth-order valence-corrected chi connectivity index (χ4v) is 1.88. The van der Waals surface area contributed by atoms with Gasteiger partial charge in [0.25, 0.3) is 0 Å². The highest BCUT2D eigenvalue weighted by molar-refractivity contribution is 5.09. The Bertz CT molecular complexity index is 287. The van der Waals surface area contributed by atoms with Gasteiger partial charge in [0.05, 0.1) is 0 Å². The van der Waals surface area contributed by atoms with Crippen LogP contribution in [0.4, 0.5) is 0 Å². The number of aromatic nitrogens is 1. The van der Waals surface area contributed by atoms with Gasteiger partial charge in [0.1, 0.15) is 0 Å². The van der Waals surface area contributed by atoms with Crippen molar-refractivity contribution in [3.05, 3.63) is 30.1 Å². The molecule has 1 aromatic heterocycles. The minimum Gasteiger partial charge on any atom is -0.330 e. The summed E-state index contributed by atoms with van der Waals surface area (Å²) in [5.74, 6) is 0.648. The third-order valence-electron chi connectivity index (χ3n) is 3.18. The molecule has 0 spiro atoms. The van der Waals surface area contributed by atoms with Gasteiger partial charge in [-0.25, -0.2) is 0 Å². The summed E-state index contributed by atoms with van der Waals surface area (Å²) in [7, 11) is 0. The summed E-state index contributed by atoms with van der Waals surface area (Å²) >= 11 is 0. The highest BCUT2D eigenvalue weighted by Crippen LogP contribution is 2.07. The molecular weight excluding hydrogens is 210 g/mol. The largest absolute Gasteiger partial charge is 0.330 e. The zero-order valence-corrected chi connectivity index (χ0v) is 11.1. The predicted molar refractivity (Wildman–Crippen MR) is 72.6 cm³/mol. The molecule has 0 saturated heterocycles. The van der Waals surface area contributed by atoms with Crippen molar-refractivity contribution in [3.63, 3.8) is 0 Å². The second kappa shape index (κ2) is 8.20. The average Bonchev–Trinajstić information content (AvgIpc) is 2.38. The molecule has 1 unspecified atom stereocenters. The van der Waals surface area contributed by atoms with Crippen molar-refractivity contribution in [3.8, 4) is 0 Å². The zero-order valence-electron chi connectivity index (χ0n) is 11.1. The predicted octanol–water partition coefficient (Wildman–Crippen LogP) is 2.28. The van der Waals surface area contributed by atoms with Crippen molar-refractivity contribution in [2.24, 2.45) is 11.7 Å². The van der Waals surface area contributed by atoms with Gasteiger partial charge in [-0.3, -0.25) is 9.88 Å². The number of hydrogen-bond acceptors (Lipinski definition) is 3. The Balaban J connectivity index is 2.29. The molecule has 0 fully saturated rings. The van der Waals surface area contributed by atoms with Gasteiger partial charge >= 0.3 is 0 Å². The third-order valence-corrected chi connectivity index (χ3v) is 3.18. The monoisotopic (exact) mass is 235 g/mol. The molecule has 0 saturated carbocycles. The molecule has 3 nitrogen and oxygen atoms in total. The Morgan fingerprint density at radius 2 is 2.06 bits per heavy atom. The van der Waals surface area contributed by atoms with Crippen LogP contribution in [0.25, 0.3) is 0 Å². The fraction of sp³-hybridized carbons (Fsp3) is 0.643. The number of nitrogens with two attached hydrogens (primary N) is 1. The molecule has 3 heteroatoms. The van der Waals surface area contributed by atoms with Gasteiger partial charge in [0.2, 0.25) is 0 Å².